The molecule has 0 saturated carbocycles. The van der Waals surface area contributed by atoms with Gasteiger partial charge in [-0.15, -0.1) is 0 Å². The van der Waals surface area contributed by atoms with Crippen molar-refractivity contribution < 1.29 is 9.53 Å². The molecule has 4 aliphatic rings. The Kier molecular flexibility index (Phi) is 5.18. The summed E-state index contributed by atoms with van der Waals surface area (Å²) in [5.41, 5.74) is 2.36. The monoisotopic (exact) mass is 448 g/mol. The molecule has 2 aromatic rings. The van der Waals surface area contributed by atoms with Gasteiger partial charge < -0.3 is 15.0 Å². The zero-order chi connectivity index (χ0) is 22.4. The van der Waals surface area contributed by atoms with Gasteiger partial charge in [0.2, 0.25) is 0 Å². The number of amidine groups is 1. The first-order valence-corrected chi connectivity index (χ1v) is 11.7. The molecule has 33 heavy (non-hydrogen) atoms. The van der Waals surface area contributed by atoms with Gasteiger partial charge in [-0.2, -0.15) is 0 Å². The first-order valence-electron chi connectivity index (χ1n) is 11.7. The second kappa shape index (κ2) is 8.35. The van der Waals surface area contributed by atoms with E-state index in [1.165, 1.54) is 0 Å². The van der Waals surface area contributed by atoms with Crippen molar-refractivity contribution in [1.82, 2.24) is 35.4 Å². The molecule has 2 saturated heterocycles. The summed E-state index contributed by atoms with van der Waals surface area (Å²) in [6, 6.07) is 4.07. The molecule has 2 aromatic heterocycles. The summed E-state index contributed by atoms with van der Waals surface area (Å²) in [6.45, 7) is 5.86. The van der Waals surface area contributed by atoms with Crippen LogP contribution in [0, 0.1) is 11.8 Å². The zero-order valence-corrected chi connectivity index (χ0v) is 18.6. The molecule has 2 N–H and O–H groups in total. The van der Waals surface area contributed by atoms with Crippen LogP contribution in [0.4, 0.5) is 4.79 Å². The highest BCUT2D eigenvalue weighted by molar-refractivity contribution is 6.02. The highest BCUT2D eigenvalue weighted by atomic mass is 16.5. The van der Waals surface area contributed by atoms with Crippen LogP contribution in [0.25, 0.3) is 11.2 Å². The third-order valence-corrected chi connectivity index (χ3v) is 7.30. The average molecular weight is 449 g/mol. The van der Waals surface area contributed by atoms with Crippen LogP contribution in [0.1, 0.15) is 31.4 Å². The molecule has 6 heterocycles. The maximum absolute atomic E-state index is 13.0. The van der Waals surface area contributed by atoms with Gasteiger partial charge in [-0.3, -0.25) is 15.2 Å². The van der Waals surface area contributed by atoms with E-state index in [1.807, 2.05) is 24.5 Å². The van der Waals surface area contributed by atoms with Gasteiger partial charge in [0.15, 0.2) is 11.5 Å². The van der Waals surface area contributed by atoms with Gasteiger partial charge in [-0.1, -0.05) is 6.92 Å². The van der Waals surface area contributed by atoms with E-state index in [4.69, 9.17) is 14.7 Å². The van der Waals surface area contributed by atoms with E-state index < -0.39 is 0 Å². The Morgan fingerprint density at radius 2 is 2.09 bits per heavy atom. The molecule has 3 atom stereocenters. The Morgan fingerprint density at radius 3 is 2.97 bits per heavy atom. The highest BCUT2D eigenvalue weighted by Gasteiger charge is 2.41. The fourth-order valence-electron chi connectivity index (χ4n) is 5.32. The molecule has 0 bridgehead atoms. The van der Waals surface area contributed by atoms with E-state index >= 15 is 0 Å². The molecule has 0 aliphatic carbocycles. The molecule has 4 aliphatic heterocycles. The van der Waals surface area contributed by atoms with Gasteiger partial charge in [-0.05, 0) is 37.4 Å². The minimum Gasteiger partial charge on any atom is -0.381 e. The van der Waals surface area contributed by atoms with Crippen LogP contribution in [0.5, 0.6) is 0 Å². The third-order valence-electron chi connectivity index (χ3n) is 7.30. The normalized spacial score (nSPS) is 26.8. The second-order valence-electron chi connectivity index (χ2n) is 9.20. The van der Waals surface area contributed by atoms with Gasteiger partial charge in [0.1, 0.15) is 18.0 Å². The molecular weight excluding hydrogens is 420 g/mol. The van der Waals surface area contributed by atoms with E-state index in [2.05, 4.69) is 32.4 Å². The molecule has 6 rings (SSSR count). The molecule has 10 heteroatoms. The Hall–Kier alpha value is -3.11. The predicted octanol–water partition coefficient (Wildman–Crippen LogP) is 1.64. The Labute approximate surface area is 192 Å². The topological polar surface area (TPSA) is 108 Å². The van der Waals surface area contributed by atoms with E-state index in [0.29, 0.717) is 18.4 Å². The summed E-state index contributed by atoms with van der Waals surface area (Å²) in [7, 11) is 0. The van der Waals surface area contributed by atoms with Crippen LogP contribution in [-0.4, -0.2) is 75.6 Å². The summed E-state index contributed by atoms with van der Waals surface area (Å²) in [6.07, 6.45) is 7.57. The Morgan fingerprint density at radius 1 is 1.21 bits per heavy atom. The van der Waals surface area contributed by atoms with Gasteiger partial charge in [-0.25, -0.2) is 19.8 Å². The largest absolute Gasteiger partial charge is 0.381 e. The third kappa shape index (κ3) is 3.72. The number of ether oxygens (including phenoxy) is 1. The minimum absolute atomic E-state index is 0.0883. The number of fused-ring (bicyclic) bond motifs is 2. The van der Waals surface area contributed by atoms with Crippen LogP contribution < -0.4 is 10.6 Å². The minimum atomic E-state index is -0.103. The number of urea groups is 1. The fourth-order valence-corrected chi connectivity index (χ4v) is 5.32. The molecule has 2 fully saturated rings. The lowest BCUT2D eigenvalue weighted by atomic mass is 9.82. The number of rotatable bonds is 4. The molecule has 3 unspecified atom stereocenters. The van der Waals surface area contributed by atoms with Crippen molar-refractivity contribution >= 4 is 23.0 Å². The number of nitrogens with zero attached hydrogens (tertiary/aromatic N) is 6. The molecule has 2 amide bonds. The van der Waals surface area contributed by atoms with Crippen molar-refractivity contribution in [3.05, 3.63) is 42.2 Å². The van der Waals surface area contributed by atoms with Crippen LogP contribution >= 0.6 is 0 Å². The number of hydrogen-bond acceptors (Lipinski definition) is 8. The van der Waals surface area contributed by atoms with Crippen molar-refractivity contribution in [3.63, 3.8) is 0 Å². The first kappa shape index (κ1) is 20.5. The zero-order valence-electron chi connectivity index (χ0n) is 18.6. The lowest BCUT2D eigenvalue weighted by molar-refractivity contribution is 0.0459. The quantitative estimate of drug-likeness (QED) is 0.732. The lowest BCUT2D eigenvalue weighted by Crippen LogP contribution is -2.50. The van der Waals surface area contributed by atoms with Crippen LogP contribution in [-0.2, 0) is 4.74 Å². The molecule has 172 valence electrons. The van der Waals surface area contributed by atoms with Gasteiger partial charge >= 0.3 is 6.03 Å². The molecule has 10 nitrogen and oxygen atoms in total. The van der Waals surface area contributed by atoms with E-state index in [1.54, 1.807) is 11.1 Å². The Balaban J connectivity index is 1.25. The van der Waals surface area contributed by atoms with Crippen molar-refractivity contribution in [2.75, 3.05) is 33.0 Å². The first-order chi connectivity index (χ1) is 16.2. The summed E-state index contributed by atoms with van der Waals surface area (Å²) in [5.74, 6) is 1.93. The smallest absolute Gasteiger partial charge is 0.329 e. The summed E-state index contributed by atoms with van der Waals surface area (Å²) < 4.78 is 5.49. The van der Waals surface area contributed by atoms with Crippen LogP contribution in [0.15, 0.2) is 41.5 Å². The number of hydrogen-bond donors (Lipinski definition) is 2. The van der Waals surface area contributed by atoms with Gasteiger partial charge in [0, 0.05) is 56.2 Å². The van der Waals surface area contributed by atoms with Crippen molar-refractivity contribution in [1.29, 1.82) is 0 Å². The second-order valence-corrected chi connectivity index (χ2v) is 9.20. The van der Waals surface area contributed by atoms with Gasteiger partial charge in [0.25, 0.3) is 0 Å². The number of amides is 2. The summed E-state index contributed by atoms with van der Waals surface area (Å²) in [4.78, 5) is 35.5. The standard InChI is InChI=1S/C23H28N8O2/c1-14(19-11-26-18-3-2-6-25-22(18)27-19)16-9-24-10-17(16)21-28-20-12-30(13-31(20)23(32)29-21)15-4-7-33-8-5-15/h2-3,6,11-12,14-17,24H,4-5,7-10,13H2,1H3,(H,28,29,32). The maximum Gasteiger partial charge on any atom is 0.329 e. The van der Waals surface area contributed by atoms with E-state index in [9.17, 15) is 4.79 Å². The number of aliphatic imine (C=N–C) groups is 1. The number of pyridine rings is 1. The van der Waals surface area contributed by atoms with Crippen molar-refractivity contribution in [2.24, 2.45) is 16.8 Å². The SMILES string of the molecule is CC(c1cnc2cccnc2n1)C1CNCC1C1=NC2=CN(C3CCOCC3)CN2C(=O)N1. The average Bonchev–Trinajstić information content (AvgIpc) is 3.52. The predicted molar refractivity (Wildman–Crippen MR) is 122 cm³/mol. The van der Waals surface area contributed by atoms with Crippen molar-refractivity contribution in [3.8, 4) is 0 Å². The van der Waals surface area contributed by atoms with E-state index in [-0.39, 0.29) is 23.8 Å². The highest BCUT2D eigenvalue weighted by Crippen LogP contribution is 2.34. The molecular formula is C23H28N8O2. The van der Waals surface area contributed by atoms with Crippen molar-refractivity contribution in [2.45, 2.75) is 31.7 Å². The Bertz CT molecular complexity index is 1130. The summed E-state index contributed by atoms with van der Waals surface area (Å²) >= 11 is 0. The molecule has 0 radical (unpaired) electrons. The number of aromatic nitrogens is 3. The van der Waals surface area contributed by atoms with E-state index in [0.717, 1.165) is 62.0 Å². The van der Waals surface area contributed by atoms with Crippen LogP contribution in [0.2, 0.25) is 0 Å². The molecule has 0 spiro atoms. The summed E-state index contributed by atoms with van der Waals surface area (Å²) in [5, 5.41) is 6.56. The van der Waals surface area contributed by atoms with Gasteiger partial charge in [0.05, 0.1) is 5.69 Å². The molecule has 0 aromatic carbocycles. The van der Waals surface area contributed by atoms with Crippen LogP contribution in [0.3, 0.4) is 0 Å². The number of carbonyl (C=O) groups excluding carboxylic acids is 1. The maximum atomic E-state index is 13.0. The number of nitrogens with one attached hydrogen (secondary N) is 2. The lowest BCUT2D eigenvalue weighted by Gasteiger charge is -2.33. The number of carbonyl (C=O) groups is 1. The fraction of sp³-hybridized carbons (Fsp3) is 0.522.